The Labute approximate surface area is 198 Å². The number of amides is 2. The number of ether oxygens (including phenoxy) is 2. The number of rotatable bonds is 9. The average molecular weight is 496 g/mol. The maximum Gasteiger partial charge on any atom is 0.257 e. The highest BCUT2D eigenvalue weighted by molar-refractivity contribution is 7.89. The van der Waals surface area contributed by atoms with Gasteiger partial charge in [0.1, 0.15) is 0 Å². The smallest absolute Gasteiger partial charge is 0.257 e. The number of carbonyl (C=O) groups excluding carboxylic acids is 2. The summed E-state index contributed by atoms with van der Waals surface area (Å²) in [6, 6.07) is 10.5. The summed E-state index contributed by atoms with van der Waals surface area (Å²) in [4.78, 5) is 25.5. The van der Waals surface area contributed by atoms with Gasteiger partial charge < -0.3 is 20.1 Å². The van der Waals surface area contributed by atoms with Crippen molar-refractivity contribution >= 4 is 39.1 Å². The lowest BCUT2D eigenvalue weighted by atomic mass is 10.1. The van der Waals surface area contributed by atoms with Gasteiger partial charge >= 0.3 is 0 Å². The Morgan fingerprint density at radius 1 is 1.09 bits per heavy atom. The van der Waals surface area contributed by atoms with Crippen molar-refractivity contribution in [1.82, 2.24) is 9.62 Å². The molecule has 2 amide bonds. The first-order chi connectivity index (χ1) is 15.8. The highest BCUT2D eigenvalue weighted by Gasteiger charge is 2.28. The summed E-state index contributed by atoms with van der Waals surface area (Å²) in [6.07, 6.45) is 0.650. The van der Waals surface area contributed by atoms with E-state index in [1.54, 1.807) is 31.4 Å². The normalized spacial score (nSPS) is 14.6. The molecule has 3 rings (SSSR count). The van der Waals surface area contributed by atoms with Gasteiger partial charge in [0.25, 0.3) is 11.8 Å². The van der Waals surface area contributed by atoms with Gasteiger partial charge in [0.15, 0.2) is 0 Å². The van der Waals surface area contributed by atoms with E-state index < -0.39 is 15.9 Å². The fraction of sp³-hybridized carbons (Fsp3) is 0.364. The number of methoxy groups -OCH3 is 1. The van der Waals surface area contributed by atoms with E-state index >= 15 is 0 Å². The highest BCUT2D eigenvalue weighted by Crippen LogP contribution is 2.25. The second kappa shape index (κ2) is 11.6. The van der Waals surface area contributed by atoms with Crippen LogP contribution >= 0.6 is 11.6 Å². The molecule has 1 aliphatic heterocycles. The third-order valence-electron chi connectivity index (χ3n) is 5.02. The van der Waals surface area contributed by atoms with Crippen molar-refractivity contribution in [3.05, 3.63) is 58.6 Å². The molecule has 0 bridgehead atoms. The van der Waals surface area contributed by atoms with Crippen LogP contribution in [0.5, 0.6) is 0 Å². The van der Waals surface area contributed by atoms with Crippen LogP contribution in [0.4, 0.5) is 5.69 Å². The van der Waals surface area contributed by atoms with Crippen LogP contribution in [0.15, 0.2) is 47.4 Å². The Morgan fingerprint density at radius 2 is 1.82 bits per heavy atom. The Hall–Kier alpha value is -2.50. The lowest BCUT2D eigenvalue weighted by Gasteiger charge is -2.26. The molecule has 1 saturated heterocycles. The number of anilines is 1. The maximum atomic E-state index is 13.0. The maximum absolute atomic E-state index is 13.0. The summed E-state index contributed by atoms with van der Waals surface area (Å²) >= 11 is 6.21. The van der Waals surface area contributed by atoms with Crippen LogP contribution in [0.2, 0.25) is 5.02 Å². The van der Waals surface area contributed by atoms with Crippen molar-refractivity contribution in [1.29, 1.82) is 0 Å². The van der Waals surface area contributed by atoms with Crippen LogP contribution in [0.1, 0.15) is 27.1 Å². The summed E-state index contributed by atoms with van der Waals surface area (Å²) in [5, 5.41) is 5.54. The molecule has 11 heteroatoms. The number of carbonyl (C=O) groups is 2. The number of sulfonamides is 1. The Balaban J connectivity index is 1.80. The van der Waals surface area contributed by atoms with Gasteiger partial charge in [-0.2, -0.15) is 4.31 Å². The van der Waals surface area contributed by atoms with Crippen LogP contribution < -0.4 is 10.6 Å². The molecule has 2 aromatic rings. The summed E-state index contributed by atoms with van der Waals surface area (Å²) in [6.45, 7) is 2.02. The first kappa shape index (κ1) is 25.1. The van der Waals surface area contributed by atoms with Gasteiger partial charge in [0.05, 0.1) is 39.9 Å². The lowest BCUT2D eigenvalue weighted by molar-refractivity contribution is 0.0730. The fourth-order valence-electron chi connectivity index (χ4n) is 3.27. The molecule has 0 atom stereocenters. The molecule has 1 fully saturated rings. The number of nitrogens with one attached hydrogen (secondary N) is 2. The van der Waals surface area contributed by atoms with E-state index in [0.29, 0.717) is 32.8 Å². The molecule has 0 unspecified atom stereocenters. The minimum atomic E-state index is -3.80. The highest BCUT2D eigenvalue weighted by atomic mass is 35.5. The van der Waals surface area contributed by atoms with Crippen LogP contribution in [-0.4, -0.2) is 71.1 Å². The Bertz CT molecular complexity index is 1100. The Morgan fingerprint density at radius 3 is 2.55 bits per heavy atom. The molecule has 1 aliphatic rings. The molecule has 0 saturated carbocycles. The number of morpholine rings is 1. The minimum absolute atomic E-state index is 0.0127. The predicted molar refractivity (Wildman–Crippen MR) is 124 cm³/mol. The van der Waals surface area contributed by atoms with Crippen LogP contribution in [0.25, 0.3) is 0 Å². The topological polar surface area (TPSA) is 114 Å². The van der Waals surface area contributed by atoms with Gasteiger partial charge in [-0.3, -0.25) is 9.59 Å². The molecule has 1 heterocycles. The second-order valence-corrected chi connectivity index (χ2v) is 9.61. The van der Waals surface area contributed by atoms with E-state index in [-0.39, 0.29) is 45.7 Å². The standard InChI is InChI=1S/C22H26ClN3O6S/c1-31-12-4-9-24-21(27)17-5-2-3-6-20(17)25-22(28)18-15-16(7-8-19(18)23)33(29,30)26-10-13-32-14-11-26/h2-3,5-8,15H,4,9-14H2,1H3,(H,24,27)(H,25,28). The van der Waals surface area contributed by atoms with E-state index in [1.807, 2.05) is 0 Å². The fourth-order valence-corrected chi connectivity index (χ4v) is 4.91. The second-order valence-electron chi connectivity index (χ2n) is 7.26. The van der Waals surface area contributed by atoms with E-state index in [2.05, 4.69) is 10.6 Å². The zero-order valence-corrected chi connectivity index (χ0v) is 19.7. The zero-order chi connectivity index (χ0) is 23.8. The van der Waals surface area contributed by atoms with Crippen LogP contribution in [0.3, 0.4) is 0 Å². The van der Waals surface area contributed by atoms with Gasteiger partial charge in [0, 0.05) is 33.4 Å². The first-order valence-corrected chi connectivity index (χ1v) is 12.2. The molecule has 2 N–H and O–H groups in total. The van der Waals surface area contributed by atoms with Gasteiger partial charge in [-0.15, -0.1) is 0 Å². The van der Waals surface area contributed by atoms with Crippen molar-refractivity contribution in [3.8, 4) is 0 Å². The first-order valence-electron chi connectivity index (χ1n) is 10.4. The van der Waals surface area contributed by atoms with Crippen molar-refractivity contribution < 1.29 is 27.5 Å². The van der Waals surface area contributed by atoms with E-state index in [1.165, 1.54) is 22.5 Å². The summed E-state index contributed by atoms with van der Waals surface area (Å²) in [7, 11) is -2.22. The van der Waals surface area contributed by atoms with Crippen molar-refractivity contribution in [2.45, 2.75) is 11.3 Å². The van der Waals surface area contributed by atoms with Gasteiger partial charge in [-0.05, 0) is 36.8 Å². The number of benzene rings is 2. The van der Waals surface area contributed by atoms with E-state index in [9.17, 15) is 18.0 Å². The molecule has 0 aromatic heterocycles. The molecule has 0 radical (unpaired) electrons. The summed E-state index contributed by atoms with van der Waals surface area (Å²) in [5.41, 5.74) is 0.544. The van der Waals surface area contributed by atoms with Crippen LogP contribution in [-0.2, 0) is 19.5 Å². The molecule has 178 valence electrons. The van der Waals surface area contributed by atoms with E-state index in [4.69, 9.17) is 21.1 Å². The largest absolute Gasteiger partial charge is 0.385 e. The van der Waals surface area contributed by atoms with Gasteiger partial charge in [-0.1, -0.05) is 23.7 Å². The van der Waals surface area contributed by atoms with Gasteiger partial charge in [-0.25, -0.2) is 8.42 Å². The average Bonchev–Trinajstić information content (AvgIpc) is 2.82. The predicted octanol–water partition coefficient (Wildman–Crippen LogP) is 2.38. The molecule has 9 nitrogen and oxygen atoms in total. The van der Waals surface area contributed by atoms with Crippen molar-refractivity contribution in [2.75, 3.05) is 51.9 Å². The van der Waals surface area contributed by atoms with Crippen molar-refractivity contribution in [3.63, 3.8) is 0 Å². The lowest BCUT2D eigenvalue weighted by Crippen LogP contribution is -2.40. The van der Waals surface area contributed by atoms with Gasteiger partial charge in [0.2, 0.25) is 10.0 Å². The quantitative estimate of drug-likeness (QED) is 0.516. The van der Waals surface area contributed by atoms with Crippen molar-refractivity contribution in [2.24, 2.45) is 0 Å². The zero-order valence-electron chi connectivity index (χ0n) is 18.2. The Kier molecular flexibility index (Phi) is 8.81. The van der Waals surface area contributed by atoms with Crippen LogP contribution in [0, 0.1) is 0 Å². The number of para-hydroxylation sites is 1. The molecule has 33 heavy (non-hydrogen) atoms. The number of hydrogen-bond donors (Lipinski definition) is 2. The monoisotopic (exact) mass is 495 g/mol. The van der Waals surface area contributed by atoms with E-state index in [0.717, 1.165) is 0 Å². The SMILES string of the molecule is COCCCNC(=O)c1ccccc1NC(=O)c1cc(S(=O)(=O)N2CCOCC2)ccc1Cl. The number of halogens is 1. The summed E-state index contributed by atoms with van der Waals surface area (Å²) in [5.74, 6) is -0.976. The molecular weight excluding hydrogens is 470 g/mol. The molecular formula is C22H26ClN3O6S. The third kappa shape index (κ3) is 6.30. The number of hydrogen-bond acceptors (Lipinski definition) is 6. The third-order valence-corrected chi connectivity index (χ3v) is 7.25. The molecule has 0 spiro atoms. The number of nitrogens with zero attached hydrogens (tertiary/aromatic N) is 1. The molecule has 0 aliphatic carbocycles. The molecule has 2 aromatic carbocycles. The minimum Gasteiger partial charge on any atom is -0.385 e. The summed E-state index contributed by atoms with van der Waals surface area (Å²) < 4.78 is 37.4.